The monoisotopic (exact) mass is 244 g/mol. The molecule has 18 heavy (non-hydrogen) atoms. The fraction of sp³-hybridized carbons (Fsp3) is 0.467. The van der Waals surface area contributed by atoms with Crippen LogP contribution < -0.4 is 0 Å². The van der Waals surface area contributed by atoms with E-state index in [4.69, 9.17) is 4.42 Å². The predicted octanol–water partition coefficient (Wildman–Crippen LogP) is 3.02. The Labute approximate surface area is 106 Å². The number of carbonyl (C=O) groups is 2. The first kappa shape index (κ1) is 11.5. The van der Waals surface area contributed by atoms with E-state index in [2.05, 4.69) is 0 Å². The topological polar surface area (TPSA) is 47.3 Å². The standard InChI is InChI=1S/C15H16O3/c1-9(16)12-8-10-4-2-5-11(10)14(12)15(17)13-6-3-7-18-13/h3,6-8,10-11,14H,2,4-5H2,1H3/t10-,11-,14+/m1/s1. The summed E-state index contributed by atoms with van der Waals surface area (Å²) < 4.78 is 5.20. The van der Waals surface area contributed by atoms with E-state index in [0.717, 1.165) is 19.3 Å². The van der Waals surface area contributed by atoms with Gasteiger partial charge in [-0.05, 0) is 43.7 Å². The fourth-order valence-electron chi connectivity index (χ4n) is 3.45. The van der Waals surface area contributed by atoms with Crippen molar-refractivity contribution in [1.29, 1.82) is 0 Å². The van der Waals surface area contributed by atoms with Crippen molar-refractivity contribution in [2.75, 3.05) is 0 Å². The summed E-state index contributed by atoms with van der Waals surface area (Å²) in [6, 6.07) is 3.40. The molecule has 1 heterocycles. The Morgan fingerprint density at radius 2 is 2.17 bits per heavy atom. The van der Waals surface area contributed by atoms with Gasteiger partial charge in [0.05, 0.1) is 12.2 Å². The molecule has 3 rings (SSSR count). The number of Topliss-reactive ketones (excluding diaryl/α,β-unsaturated/α-hetero) is 2. The zero-order chi connectivity index (χ0) is 12.7. The molecule has 0 amide bonds. The van der Waals surface area contributed by atoms with Gasteiger partial charge in [-0.15, -0.1) is 0 Å². The molecule has 1 saturated carbocycles. The van der Waals surface area contributed by atoms with Crippen LogP contribution in [0.25, 0.3) is 0 Å². The van der Waals surface area contributed by atoms with Gasteiger partial charge in [-0.3, -0.25) is 9.59 Å². The van der Waals surface area contributed by atoms with Crippen LogP contribution in [0.15, 0.2) is 34.5 Å². The lowest BCUT2D eigenvalue weighted by Crippen LogP contribution is -2.24. The van der Waals surface area contributed by atoms with E-state index in [-0.39, 0.29) is 17.5 Å². The molecule has 1 aromatic rings. The maximum Gasteiger partial charge on any atom is 0.205 e. The number of furan rings is 1. The molecule has 2 aliphatic rings. The molecule has 1 fully saturated rings. The molecule has 0 aliphatic heterocycles. The summed E-state index contributed by atoms with van der Waals surface area (Å²) in [5.74, 6) is 0.806. The van der Waals surface area contributed by atoms with Crippen molar-refractivity contribution in [3.63, 3.8) is 0 Å². The van der Waals surface area contributed by atoms with Gasteiger partial charge in [0.1, 0.15) is 0 Å². The molecular formula is C15H16O3. The molecule has 1 aromatic heterocycles. The summed E-state index contributed by atoms with van der Waals surface area (Å²) in [6.07, 6.45) is 6.83. The van der Waals surface area contributed by atoms with E-state index >= 15 is 0 Å². The third kappa shape index (κ3) is 1.65. The predicted molar refractivity (Wildman–Crippen MR) is 66.1 cm³/mol. The van der Waals surface area contributed by atoms with E-state index < -0.39 is 0 Å². The molecule has 0 saturated heterocycles. The molecule has 3 atom stereocenters. The maximum absolute atomic E-state index is 12.5. The average Bonchev–Trinajstić information content (AvgIpc) is 3.04. The van der Waals surface area contributed by atoms with E-state index in [1.807, 2.05) is 6.08 Å². The van der Waals surface area contributed by atoms with E-state index in [1.54, 1.807) is 19.1 Å². The lowest BCUT2D eigenvalue weighted by atomic mass is 9.83. The van der Waals surface area contributed by atoms with Crippen LogP contribution in [0.3, 0.4) is 0 Å². The molecule has 0 radical (unpaired) electrons. The zero-order valence-corrected chi connectivity index (χ0v) is 10.4. The molecule has 2 aliphatic carbocycles. The third-order valence-corrected chi connectivity index (χ3v) is 4.23. The van der Waals surface area contributed by atoms with Crippen LogP contribution in [0, 0.1) is 17.8 Å². The van der Waals surface area contributed by atoms with Crippen LogP contribution in [-0.2, 0) is 4.79 Å². The number of hydrogen-bond donors (Lipinski definition) is 0. The quantitative estimate of drug-likeness (QED) is 0.768. The normalized spacial score (nSPS) is 30.1. The van der Waals surface area contributed by atoms with E-state index in [9.17, 15) is 9.59 Å². The molecule has 0 unspecified atom stereocenters. The summed E-state index contributed by atoms with van der Waals surface area (Å²) in [5.41, 5.74) is 0.700. The second-order valence-electron chi connectivity index (χ2n) is 5.26. The van der Waals surface area contributed by atoms with Crippen molar-refractivity contribution >= 4 is 11.6 Å². The summed E-state index contributed by atoms with van der Waals surface area (Å²) >= 11 is 0. The van der Waals surface area contributed by atoms with E-state index in [0.29, 0.717) is 23.2 Å². The number of ketones is 2. The van der Waals surface area contributed by atoms with Crippen LogP contribution in [0.2, 0.25) is 0 Å². The Hall–Kier alpha value is -1.64. The summed E-state index contributed by atoms with van der Waals surface area (Å²) in [4.78, 5) is 24.2. The van der Waals surface area contributed by atoms with Crippen LogP contribution >= 0.6 is 0 Å². The Morgan fingerprint density at radius 3 is 2.83 bits per heavy atom. The zero-order valence-electron chi connectivity index (χ0n) is 10.4. The fourth-order valence-corrected chi connectivity index (χ4v) is 3.45. The first-order chi connectivity index (χ1) is 8.68. The van der Waals surface area contributed by atoms with Crippen LogP contribution in [0.4, 0.5) is 0 Å². The first-order valence-electron chi connectivity index (χ1n) is 6.49. The van der Waals surface area contributed by atoms with Crippen LogP contribution in [0.5, 0.6) is 0 Å². The van der Waals surface area contributed by atoms with E-state index in [1.165, 1.54) is 6.26 Å². The molecule has 3 heteroatoms. The summed E-state index contributed by atoms with van der Waals surface area (Å²) in [5, 5.41) is 0. The van der Waals surface area contributed by atoms with Gasteiger partial charge in [0.2, 0.25) is 5.78 Å². The minimum Gasteiger partial charge on any atom is -0.461 e. The SMILES string of the molecule is CC(=O)C1=C[C@H]2CCC[C@H]2[C@@H]1C(=O)c1ccco1. The minimum absolute atomic E-state index is 0.0225. The van der Waals surface area contributed by atoms with Crippen molar-refractivity contribution in [3.05, 3.63) is 35.8 Å². The van der Waals surface area contributed by atoms with Gasteiger partial charge in [0.25, 0.3) is 0 Å². The summed E-state index contributed by atoms with van der Waals surface area (Å²) in [6.45, 7) is 1.55. The highest BCUT2D eigenvalue weighted by molar-refractivity contribution is 6.06. The maximum atomic E-state index is 12.5. The second kappa shape index (κ2) is 4.23. The average molecular weight is 244 g/mol. The Balaban J connectivity index is 1.96. The van der Waals surface area contributed by atoms with Crippen LogP contribution in [0.1, 0.15) is 36.7 Å². The molecule has 3 nitrogen and oxygen atoms in total. The number of allylic oxidation sites excluding steroid dienone is 2. The molecule has 0 aromatic carbocycles. The van der Waals surface area contributed by atoms with Gasteiger partial charge in [0, 0.05) is 5.57 Å². The van der Waals surface area contributed by atoms with Crippen LogP contribution in [-0.4, -0.2) is 11.6 Å². The molecule has 0 spiro atoms. The second-order valence-corrected chi connectivity index (χ2v) is 5.26. The lowest BCUT2D eigenvalue weighted by molar-refractivity contribution is -0.114. The third-order valence-electron chi connectivity index (χ3n) is 4.23. The first-order valence-corrected chi connectivity index (χ1v) is 6.49. The molecule has 0 N–H and O–H groups in total. The highest BCUT2D eigenvalue weighted by Gasteiger charge is 2.45. The number of carbonyl (C=O) groups excluding carboxylic acids is 2. The van der Waals surface area contributed by atoms with Crippen molar-refractivity contribution in [1.82, 2.24) is 0 Å². The molecule has 0 bridgehead atoms. The van der Waals surface area contributed by atoms with Crippen molar-refractivity contribution in [2.24, 2.45) is 17.8 Å². The Morgan fingerprint density at radius 1 is 1.33 bits per heavy atom. The van der Waals surface area contributed by atoms with Crippen molar-refractivity contribution < 1.29 is 14.0 Å². The smallest absolute Gasteiger partial charge is 0.205 e. The molecular weight excluding hydrogens is 228 g/mol. The van der Waals surface area contributed by atoms with Gasteiger partial charge in [-0.1, -0.05) is 12.5 Å². The Bertz CT molecular complexity index is 510. The van der Waals surface area contributed by atoms with Gasteiger partial charge >= 0.3 is 0 Å². The van der Waals surface area contributed by atoms with Crippen molar-refractivity contribution in [2.45, 2.75) is 26.2 Å². The number of rotatable bonds is 3. The highest BCUT2D eigenvalue weighted by atomic mass is 16.3. The largest absolute Gasteiger partial charge is 0.461 e. The lowest BCUT2D eigenvalue weighted by Gasteiger charge is -2.18. The van der Waals surface area contributed by atoms with Gasteiger partial charge in [-0.2, -0.15) is 0 Å². The van der Waals surface area contributed by atoms with Gasteiger partial charge in [-0.25, -0.2) is 0 Å². The minimum atomic E-state index is -0.277. The van der Waals surface area contributed by atoms with Crippen molar-refractivity contribution in [3.8, 4) is 0 Å². The Kier molecular flexibility index (Phi) is 2.69. The number of fused-ring (bicyclic) bond motifs is 1. The molecule has 94 valence electrons. The van der Waals surface area contributed by atoms with Gasteiger partial charge in [0.15, 0.2) is 11.5 Å². The van der Waals surface area contributed by atoms with Gasteiger partial charge < -0.3 is 4.42 Å². The number of hydrogen-bond acceptors (Lipinski definition) is 3. The summed E-state index contributed by atoms with van der Waals surface area (Å²) in [7, 11) is 0. The highest BCUT2D eigenvalue weighted by Crippen LogP contribution is 2.48.